The first kappa shape index (κ1) is 15.6. The van der Waals surface area contributed by atoms with Crippen LogP contribution in [0.2, 0.25) is 0 Å². The molecule has 0 saturated heterocycles. The highest BCUT2D eigenvalue weighted by atomic mass is 16.6. The van der Waals surface area contributed by atoms with Gasteiger partial charge in [0.05, 0.1) is 17.9 Å². The van der Waals surface area contributed by atoms with Crippen LogP contribution in [0.1, 0.15) is 13.8 Å². The number of nitrogens with zero attached hydrogens (tertiary/aromatic N) is 3. The number of azo groups is 1. The van der Waals surface area contributed by atoms with Crippen molar-refractivity contribution in [2.45, 2.75) is 19.4 Å². The number of nitro groups is 1. The Morgan fingerprint density at radius 2 is 1.55 bits per heavy atom. The van der Waals surface area contributed by atoms with E-state index in [1.54, 1.807) is 13.8 Å². The quantitative estimate of drug-likeness (QED) is 0.482. The lowest BCUT2D eigenvalue weighted by Crippen LogP contribution is -2.38. The lowest BCUT2D eigenvalue weighted by molar-refractivity contribution is -0.556. The van der Waals surface area contributed by atoms with Crippen molar-refractivity contribution >= 4 is 17.1 Å². The van der Waals surface area contributed by atoms with Crippen molar-refractivity contribution in [1.29, 1.82) is 0 Å². The maximum Gasteiger partial charge on any atom is 0.233 e. The number of hydrogen-bond acceptors (Lipinski definition) is 5. The first-order valence-electron chi connectivity index (χ1n) is 6.93. The predicted molar refractivity (Wildman–Crippen MR) is 86.6 cm³/mol. The smallest absolute Gasteiger partial charge is 0.233 e. The monoisotopic (exact) mass is 298 g/mol. The number of rotatable bonds is 6. The third-order valence-electron chi connectivity index (χ3n) is 3.12. The Hall–Kier alpha value is -2.76. The second-order valence-corrected chi connectivity index (χ2v) is 5.51. The molecule has 0 aliphatic carbocycles. The molecule has 2 aromatic rings. The lowest BCUT2D eigenvalue weighted by Gasteiger charge is -2.16. The lowest BCUT2D eigenvalue weighted by atomic mass is 10.1. The molecule has 0 aliphatic heterocycles. The van der Waals surface area contributed by atoms with E-state index in [0.717, 1.165) is 17.1 Å². The van der Waals surface area contributed by atoms with E-state index in [9.17, 15) is 10.1 Å². The van der Waals surface area contributed by atoms with Gasteiger partial charge in [0.25, 0.3) is 0 Å². The molecule has 0 aromatic heterocycles. The van der Waals surface area contributed by atoms with Gasteiger partial charge in [-0.15, -0.1) is 0 Å². The molecule has 1 N–H and O–H groups in total. The van der Waals surface area contributed by atoms with Gasteiger partial charge in [0.15, 0.2) is 0 Å². The fourth-order valence-electron chi connectivity index (χ4n) is 1.64. The normalized spacial score (nSPS) is 11.5. The summed E-state index contributed by atoms with van der Waals surface area (Å²) in [7, 11) is 0. The van der Waals surface area contributed by atoms with Crippen molar-refractivity contribution < 1.29 is 4.92 Å². The molecule has 0 aliphatic rings. The molecular formula is C16H18N4O2. The van der Waals surface area contributed by atoms with E-state index in [2.05, 4.69) is 15.5 Å². The molecule has 6 nitrogen and oxygen atoms in total. The standard InChI is InChI=1S/C16H18N4O2/c1-16(2,20(21)22)12-17-13-8-10-15(11-9-13)19-18-14-6-4-3-5-7-14/h3-11,17H,12H2,1-2H3/b19-18+. The highest BCUT2D eigenvalue weighted by Crippen LogP contribution is 2.20. The SMILES string of the molecule is CC(C)(CNc1ccc(/N=N/c2ccccc2)cc1)[N+](=O)[O-]. The summed E-state index contributed by atoms with van der Waals surface area (Å²) >= 11 is 0. The minimum atomic E-state index is -1.01. The van der Waals surface area contributed by atoms with Crippen LogP contribution in [-0.4, -0.2) is 17.0 Å². The van der Waals surface area contributed by atoms with Crippen LogP contribution in [0.5, 0.6) is 0 Å². The fourth-order valence-corrected chi connectivity index (χ4v) is 1.64. The van der Waals surface area contributed by atoms with Crippen molar-refractivity contribution in [2.75, 3.05) is 11.9 Å². The maximum atomic E-state index is 10.9. The van der Waals surface area contributed by atoms with Crippen LogP contribution in [0.3, 0.4) is 0 Å². The molecule has 0 spiro atoms. The summed E-state index contributed by atoms with van der Waals surface area (Å²) in [6.45, 7) is 3.43. The first-order valence-corrected chi connectivity index (χ1v) is 6.93. The van der Waals surface area contributed by atoms with Gasteiger partial charge in [0.1, 0.15) is 0 Å². The Balaban J connectivity index is 1.96. The predicted octanol–water partition coefficient (Wildman–Crippen LogP) is 4.57. The average Bonchev–Trinajstić information content (AvgIpc) is 2.53. The Morgan fingerprint density at radius 1 is 1.00 bits per heavy atom. The summed E-state index contributed by atoms with van der Waals surface area (Å²) in [6.07, 6.45) is 0. The first-order chi connectivity index (χ1) is 10.5. The van der Waals surface area contributed by atoms with E-state index >= 15 is 0 Å². The van der Waals surface area contributed by atoms with E-state index in [0.29, 0.717) is 0 Å². The highest BCUT2D eigenvalue weighted by Gasteiger charge is 2.30. The van der Waals surface area contributed by atoms with Crippen molar-refractivity contribution in [3.63, 3.8) is 0 Å². The fraction of sp³-hybridized carbons (Fsp3) is 0.250. The topological polar surface area (TPSA) is 79.9 Å². The second-order valence-electron chi connectivity index (χ2n) is 5.51. The molecule has 0 heterocycles. The zero-order chi connectivity index (χ0) is 16.0. The number of anilines is 1. The molecule has 114 valence electrons. The Labute approximate surface area is 129 Å². The average molecular weight is 298 g/mol. The summed E-state index contributed by atoms with van der Waals surface area (Å²) in [5, 5.41) is 22.2. The minimum Gasteiger partial charge on any atom is -0.378 e. The zero-order valence-corrected chi connectivity index (χ0v) is 12.6. The Bertz CT molecular complexity index is 652. The second kappa shape index (κ2) is 6.80. The van der Waals surface area contributed by atoms with Crippen LogP contribution in [0.25, 0.3) is 0 Å². The van der Waals surface area contributed by atoms with E-state index in [-0.39, 0.29) is 11.5 Å². The van der Waals surface area contributed by atoms with Crippen LogP contribution in [0.4, 0.5) is 17.1 Å². The van der Waals surface area contributed by atoms with Crippen molar-refractivity contribution in [3.05, 3.63) is 64.7 Å². The van der Waals surface area contributed by atoms with Crippen molar-refractivity contribution in [1.82, 2.24) is 0 Å². The van der Waals surface area contributed by atoms with Crippen LogP contribution >= 0.6 is 0 Å². The molecule has 2 rings (SSSR count). The van der Waals surface area contributed by atoms with Gasteiger partial charge in [0, 0.05) is 24.5 Å². The summed E-state index contributed by atoms with van der Waals surface area (Å²) in [4.78, 5) is 10.6. The van der Waals surface area contributed by atoms with E-state index in [1.807, 2.05) is 54.6 Å². The number of hydrogen-bond donors (Lipinski definition) is 1. The van der Waals surface area contributed by atoms with Gasteiger partial charge in [-0.2, -0.15) is 10.2 Å². The molecular weight excluding hydrogens is 280 g/mol. The number of benzene rings is 2. The molecule has 0 atom stereocenters. The summed E-state index contributed by atoms with van der Waals surface area (Å²) in [6, 6.07) is 16.8. The van der Waals surface area contributed by atoms with Gasteiger partial charge in [-0.3, -0.25) is 10.1 Å². The molecule has 0 amide bonds. The van der Waals surface area contributed by atoms with Gasteiger partial charge in [0.2, 0.25) is 5.54 Å². The molecule has 0 unspecified atom stereocenters. The van der Waals surface area contributed by atoms with Crippen LogP contribution < -0.4 is 5.32 Å². The van der Waals surface area contributed by atoms with Gasteiger partial charge < -0.3 is 5.32 Å². The molecule has 0 fully saturated rings. The molecule has 0 saturated carbocycles. The maximum absolute atomic E-state index is 10.9. The molecule has 22 heavy (non-hydrogen) atoms. The molecule has 2 aromatic carbocycles. The van der Waals surface area contributed by atoms with E-state index < -0.39 is 5.54 Å². The third-order valence-corrected chi connectivity index (χ3v) is 3.12. The molecule has 0 bridgehead atoms. The van der Waals surface area contributed by atoms with Gasteiger partial charge in [-0.05, 0) is 36.4 Å². The third kappa shape index (κ3) is 4.37. The van der Waals surface area contributed by atoms with Crippen molar-refractivity contribution in [3.8, 4) is 0 Å². The molecule has 6 heteroatoms. The Kier molecular flexibility index (Phi) is 4.83. The van der Waals surface area contributed by atoms with E-state index in [4.69, 9.17) is 0 Å². The van der Waals surface area contributed by atoms with Crippen LogP contribution in [0.15, 0.2) is 64.8 Å². The van der Waals surface area contributed by atoms with E-state index in [1.165, 1.54) is 0 Å². The summed E-state index contributed by atoms with van der Waals surface area (Å²) in [5.41, 5.74) is 1.32. The Morgan fingerprint density at radius 3 is 2.09 bits per heavy atom. The van der Waals surface area contributed by atoms with Crippen LogP contribution in [0, 0.1) is 10.1 Å². The summed E-state index contributed by atoms with van der Waals surface area (Å²) < 4.78 is 0. The van der Waals surface area contributed by atoms with Crippen LogP contribution in [-0.2, 0) is 0 Å². The van der Waals surface area contributed by atoms with Gasteiger partial charge >= 0.3 is 0 Å². The number of nitrogens with one attached hydrogen (secondary N) is 1. The summed E-state index contributed by atoms with van der Waals surface area (Å²) in [5.74, 6) is 0. The van der Waals surface area contributed by atoms with Crippen molar-refractivity contribution in [2.24, 2.45) is 10.2 Å². The largest absolute Gasteiger partial charge is 0.378 e. The minimum absolute atomic E-state index is 0.255. The van der Waals surface area contributed by atoms with Gasteiger partial charge in [-0.1, -0.05) is 18.2 Å². The van der Waals surface area contributed by atoms with Gasteiger partial charge in [-0.25, -0.2) is 0 Å². The molecule has 0 radical (unpaired) electrons. The highest BCUT2D eigenvalue weighted by molar-refractivity contribution is 5.51. The zero-order valence-electron chi connectivity index (χ0n) is 12.6.